The lowest BCUT2D eigenvalue weighted by Crippen LogP contribution is -2.26. The lowest BCUT2D eigenvalue weighted by Gasteiger charge is -2.15. The normalized spacial score (nSPS) is 17.3. The molecule has 1 saturated heterocycles. The summed E-state index contributed by atoms with van der Waals surface area (Å²) in [7, 11) is 0. The minimum Gasteiger partial charge on any atom is -0.341 e. The van der Waals surface area contributed by atoms with E-state index in [2.05, 4.69) is 10.1 Å². The third-order valence-corrected chi connectivity index (χ3v) is 5.60. The average Bonchev–Trinajstić information content (AvgIpc) is 3.26. The van der Waals surface area contributed by atoms with E-state index in [1.165, 1.54) is 6.07 Å². The van der Waals surface area contributed by atoms with Crippen molar-refractivity contribution in [1.82, 2.24) is 19.7 Å². The number of likely N-dealkylation sites (tertiary alicyclic amines) is 1. The standard InChI is InChI=1S/C21H21F3N4O/c1-12-10-15(21(22,23)24)4-5-17(12)19-7-6-18-13(2)28(26-20(18)25-19)16-8-9-27(11-16)14(3)29/h4-7,10,16H,8-9,11H2,1-3H3/t16-/m0/s1. The van der Waals surface area contributed by atoms with Crippen LogP contribution in [-0.2, 0) is 11.0 Å². The van der Waals surface area contributed by atoms with Gasteiger partial charge >= 0.3 is 6.18 Å². The average molecular weight is 402 g/mol. The summed E-state index contributed by atoms with van der Waals surface area (Å²) in [6.45, 7) is 6.51. The first-order chi connectivity index (χ1) is 13.6. The van der Waals surface area contributed by atoms with Gasteiger partial charge in [0.1, 0.15) is 0 Å². The fourth-order valence-electron chi connectivity index (χ4n) is 3.97. The van der Waals surface area contributed by atoms with E-state index in [-0.39, 0.29) is 11.9 Å². The van der Waals surface area contributed by atoms with Gasteiger partial charge in [0.05, 0.1) is 17.3 Å². The summed E-state index contributed by atoms with van der Waals surface area (Å²) in [6.07, 6.45) is -3.54. The highest BCUT2D eigenvalue weighted by Crippen LogP contribution is 2.33. The molecule has 5 nitrogen and oxygen atoms in total. The highest BCUT2D eigenvalue weighted by Gasteiger charge is 2.31. The fraction of sp³-hybridized carbons (Fsp3) is 0.381. The Balaban J connectivity index is 1.70. The van der Waals surface area contributed by atoms with Crippen molar-refractivity contribution >= 4 is 16.9 Å². The van der Waals surface area contributed by atoms with Gasteiger partial charge in [-0.2, -0.15) is 18.3 Å². The van der Waals surface area contributed by atoms with Crippen LogP contribution in [0.3, 0.4) is 0 Å². The van der Waals surface area contributed by atoms with Crippen molar-refractivity contribution in [2.24, 2.45) is 0 Å². The molecule has 1 fully saturated rings. The highest BCUT2D eigenvalue weighted by molar-refractivity contribution is 5.81. The minimum atomic E-state index is -4.37. The quantitative estimate of drug-likeness (QED) is 0.633. The van der Waals surface area contributed by atoms with Gasteiger partial charge in [-0.1, -0.05) is 6.07 Å². The first-order valence-electron chi connectivity index (χ1n) is 9.44. The van der Waals surface area contributed by atoms with Gasteiger partial charge in [-0.25, -0.2) is 4.98 Å². The molecule has 3 aromatic rings. The molecule has 1 amide bonds. The minimum absolute atomic E-state index is 0.0556. The van der Waals surface area contributed by atoms with E-state index in [4.69, 9.17) is 0 Å². The zero-order valence-electron chi connectivity index (χ0n) is 16.4. The van der Waals surface area contributed by atoms with Gasteiger partial charge in [0.15, 0.2) is 5.65 Å². The number of fused-ring (bicyclic) bond motifs is 1. The maximum Gasteiger partial charge on any atom is 0.416 e. The molecular weight excluding hydrogens is 381 g/mol. The zero-order valence-corrected chi connectivity index (χ0v) is 16.4. The summed E-state index contributed by atoms with van der Waals surface area (Å²) >= 11 is 0. The first-order valence-corrected chi connectivity index (χ1v) is 9.44. The number of alkyl halides is 3. The molecule has 1 atom stereocenters. The third-order valence-electron chi connectivity index (χ3n) is 5.60. The van der Waals surface area contributed by atoms with Crippen LogP contribution in [0.1, 0.15) is 36.2 Å². The van der Waals surface area contributed by atoms with Crippen LogP contribution in [0.2, 0.25) is 0 Å². The summed E-state index contributed by atoms with van der Waals surface area (Å²) < 4.78 is 40.7. The van der Waals surface area contributed by atoms with E-state index in [9.17, 15) is 18.0 Å². The van der Waals surface area contributed by atoms with Crippen molar-refractivity contribution in [2.45, 2.75) is 39.4 Å². The van der Waals surface area contributed by atoms with Crippen LogP contribution in [0.5, 0.6) is 0 Å². The van der Waals surface area contributed by atoms with Gasteiger partial charge in [-0.15, -0.1) is 0 Å². The topological polar surface area (TPSA) is 51.0 Å². The van der Waals surface area contributed by atoms with E-state index in [1.807, 2.05) is 23.7 Å². The van der Waals surface area contributed by atoms with Crippen molar-refractivity contribution in [1.29, 1.82) is 0 Å². The second kappa shape index (κ2) is 6.86. The van der Waals surface area contributed by atoms with Crippen molar-refractivity contribution in [3.63, 3.8) is 0 Å². The molecule has 8 heteroatoms. The van der Waals surface area contributed by atoms with Crippen LogP contribution in [0.4, 0.5) is 13.2 Å². The molecule has 4 rings (SSSR count). The van der Waals surface area contributed by atoms with Crippen LogP contribution in [0.15, 0.2) is 30.3 Å². The highest BCUT2D eigenvalue weighted by atomic mass is 19.4. The summed E-state index contributed by atoms with van der Waals surface area (Å²) in [5.41, 5.74) is 2.60. The number of benzene rings is 1. The summed E-state index contributed by atoms with van der Waals surface area (Å²) in [4.78, 5) is 18.0. The summed E-state index contributed by atoms with van der Waals surface area (Å²) in [6, 6.07) is 7.49. The van der Waals surface area contributed by atoms with E-state index in [0.29, 0.717) is 35.6 Å². The Morgan fingerprint density at radius 3 is 2.55 bits per heavy atom. The van der Waals surface area contributed by atoms with E-state index in [0.717, 1.165) is 29.6 Å². The Morgan fingerprint density at radius 2 is 1.93 bits per heavy atom. The Hall–Kier alpha value is -2.90. The predicted octanol–water partition coefficient (Wildman–Crippen LogP) is 4.53. The first kappa shape index (κ1) is 19.4. The smallest absolute Gasteiger partial charge is 0.341 e. The van der Waals surface area contributed by atoms with Gasteiger partial charge in [-0.3, -0.25) is 9.48 Å². The number of aryl methyl sites for hydroxylation is 2. The van der Waals surface area contributed by atoms with Crippen LogP contribution in [0, 0.1) is 13.8 Å². The molecule has 152 valence electrons. The third kappa shape index (κ3) is 3.47. The van der Waals surface area contributed by atoms with Gasteiger partial charge in [0, 0.05) is 36.7 Å². The Labute approximate surface area is 166 Å². The van der Waals surface area contributed by atoms with Crippen LogP contribution in [-0.4, -0.2) is 38.7 Å². The number of rotatable bonds is 2. The maximum atomic E-state index is 12.9. The van der Waals surface area contributed by atoms with Crippen molar-refractivity contribution < 1.29 is 18.0 Å². The van der Waals surface area contributed by atoms with Gasteiger partial charge in [0.2, 0.25) is 5.91 Å². The molecule has 3 heterocycles. The molecule has 0 bridgehead atoms. The molecule has 0 aliphatic carbocycles. The molecule has 0 saturated carbocycles. The Kier molecular flexibility index (Phi) is 4.59. The lowest BCUT2D eigenvalue weighted by molar-refractivity contribution is -0.137. The number of hydrogen-bond acceptors (Lipinski definition) is 3. The lowest BCUT2D eigenvalue weighted by atomic mass is 10.0. The molecule has 0 spiro atoms. The van der Waals surface area contributed by atoms with Gasteiger partial charge < -0.3 is 4.90 Å². The number of carbonyl (C=O) groups is 1. The molecule has 0 radical (unpaired) electrons. The summed E-state index contributed by atoms with van der Waals surface area (Å²) in [5.74, 6) is 0.0556. The van der Waals surface area contributed by atoms with Crippen molar-refractivity contribution in [3.05, 3.63) is 47.2 Å². The largest absolute Gasteiger partial charge is 0.416 e. The number of halogens is 3. The van der Waals surface area contributed by atoms with E-state index in [1.54, 1.807) is 18.7 Å². The fourth-order valence-corrected chi connectivity index (χ4v) is 3.97. The van der Waals surface area contributed by atoms with Crippen LogP contribution in [0.25, 0.3) is 22.3 Å². The van der Waals surface area contributed by atoms with Gasteiger partial charge in [0.25, 0.3) is 0 Å². The number of aromatic nitrogens is 3. The predicted molar refractivity (Wildman–Crippen MR) is 103 cm³/mol. The Morgan fingerprint density at radius 1 is 1.17 bits per heavy atom. The second-order valence-electron chi connectivity index (χ2n) is 7.53. The summed E-state index contributed by atoms with van der Waals surface area (Å²) in [5, 5.41) is 5.55. The SMILES string of the molecule is CC(=O)N1CC[C@H](n2nc3nc(-c4ccc(C(F)(F)F)cc4C)ccc3c2C)C1. The maximum absolute atomic E-state index is 12.9. The van der Waals surface area contributed by atoms with Gasteiger partial charge in [-0.05, 0) is 50.1 Å². The number of amides is 1. The van der Waals surface area contributed by atoms with Crippen LogP contribution >= 0.6 is 0 Å². The number of nitrogens with zero attached hydrogens (tertiary/aromatic N) is 4. The van der Waals surface area contributed by atoms with Crippen molar-refractivity contribution in [3.8, 4) is 11.3 Å². The van der Waals surface area contributed by atoms with Crippen LogP contribution < -0.4 is 0 Å². The number of pyridine rings is 1. The molecule has 0 unspecified atom stereocenters. The molecule has 2 aromatic heterocycles. The molecule has 1 aliphatic rings. The second-order valence-corrected chi connectivity index (χ2v) is 7.53. The molecular formula is C21H21F3N4O. The molecule has 0 N–H and O–H groups in total. The van der Waals surface area contributed by atoms with E-state index < -0.39 is 11.7 Å². The molecule has 1 aromatic carbocycles. The zero-order chi connectivity index (χ0) is 20.9. The molecule has 29 heavy (non-hydrogen) atoms. The van der Waals surface area contributed by atoms with E-state index >= 15 is 0 Å². The monoisotopic (exact) mass is 402 g/mol. The number of hydrogen-bond donors (Lipinski definition) is 0. The number of carbonyl (C=O) groups excluding carboxylic acids is 1. The molecule has 1 aliphatic heterocycles. The Bertz CT molecular complexity index is 1100. The van der Waals surface area contributed by atoms with Crippen molar-refractivity contribution in [2.75, 3.05) is 13.1 Å².